The highest BCUT2D eigenvalue weighted by atomic mass is 16.5. The molecule has 0 unspecified atom stereocenters. The highest BCUT2D eigenvalue weighted by Crippen LogP contribution is 2.25. The number of hydrogen-bond donors (Lipinski definition) is 3. The molecule has 0 bridgehead atoms. The third-order valence-electron chi connectivity index (χ3n) is 6.48. The first-order chi connectivity index (χ1) is 17.3. The predicted molar refractivity (Wildman–Crippen MR) is 140 cm³/mol. The number of ether oxygens (including phenoxy) is 2. The van der Waals surface area contributed by atoms with Crippen LogP contribution in [0.1, 0.15) is 56.7 Å². The summed E-state index contributed by atoms with van der Waals surface area (Å²) in [7, 11) is 0. The fraction of sp³-hybridized carbons (Fsp3) is 0.448. The maximum atomic E-state index is 12.0. The Morgan fingerprint density at radius 1 is 1.08 bits per heavy atom. The Labute approximate surface area is 213 Å². The zero-order valence-corrected chi connectivity index (χ0v) is 21.6. The predicted octanol–water partition coefficient (Wildman–Crippen LogP) is 4.53. The van der Waals surface area contributed by atoms with Crippen LogP contribution in [-0.2, 0) is 27.5 Å². The van der Waals surface area contributed by atoms with Crippen LogP contribution in [0.15, 0.2) is 60.2 Å². The van der Waals surface area contributed by atoms with Crippen molar-refractivity contribution >= 4 is 11.9 Å². The van der Waals surface area contributed by atoms with Gasteiger partial charge in [-0.1, -0.05) is 55.8 Å². The van der Waals surface area contributed by atoms with E-state index in [1.54, 1.807) is 6.08 Å². The summed E-state index contributed by atoms with van der Waals surface area (Å²) in [6, 6.07) is 15.4. The molecule has 1 aliphatic carbocycles. The van der Waals surface area contributed by atoms with E-state index in [2.05, 4.69) is 29.7 Å². The number of carbonyl (C=O) groups excluding carboxylic acids is 1. The van der Waals surface area contributed by atoms with Crippen molar-refractivity contribution in [2.45, 2.75) is 84.4 Å². The number of nitrogens with one attached hydrogen (secondary N) is 2. The van der Waals surface area contributed by atoms with Crippen LogP contribution in [0.5, 0.6) is 5.75 Å². The zero-order valence-electron chi connectivity index (χ0n) is 21.6. The molecule has 0 heterocycles. The minimum absolute atomic E-state index is 0.0105. The van der Waals surface area contributed by atoms with E-state index < -0.39 is 12.1 Å². The molecule has 1 amide bonds. The molecule has 0 radical (unpaired) electrons. The Morgan fingerprint density at radius 3 is 2.42 bits per heavy atom. The van der Waals surface area contributed by atoms with Gasteiger partial charge in [0.15, 0.2) is 0 Å². The van der Waals surface area contributed by atoms with Gasteiger partial charge in [-0.05, 0) is 55.5 Å². The fourth-order valence-corrected chi connectivity index (χ4v) is 4.49. The first-order valence-corrected chi connectivity index (χ1v) is 12.7. The molecule has 0 saturated heterocycles. The SMILES string of the molecule is CCC(CC)O[C@@H]1C=C(C(=O)O)C[C@H](NCc2ccc(OCc3cccc(C)c3)cc2)[C@H]1NC(C)=O. The topological polar surface area (TPSA) is 96.9 Å². The zero-order chi connectivity index (χ0) is 26.1. The van der Waals surface area contributed by atoms with Crippen LogP contribution in [0, 0.1) is 6.92 Å². The van der Waals surface area contributed by atoms with Gasteiger partial charge in [0.05, 0.1) is 18.2 Å². The lowest BCUT2D eigenvalue weighted by Crippen LogP contribution is -2.58. The lowest BCUT2D eigenvalue weighted by Gasteiger charge is -2.38. The van der Waals surface area contributed by atoms with Gasteiger partial charge in [-0.2, -0.15) is 0 Å². The molecule has 1 aliphatic rings. The van der Waals surface area contributed by atoms with Gasteiger partial charge in [0, 0.05) is 25.1 Å². The Hall–Kier alpha value is -3.16. The number of carbonyl (C=O) groups is 2. The second-order valence-corrected chi connectivity index (χ2v) is 9.38. The summed E-state index contributed by atoms with van der Waals surface area (Å²) in [5, 5.41) is 16.2. The van der Waals surface area contributed by atoms with E-state index in [0.29, 0.717) is 25.1 Å². The van der Waals surface area contributed by atoms with Crippen molar-refractivity contribution < 1.29 is 24.2 Å². The van der Waals surface area contributed by atoms with Gasteiger partial charge in [-0.25, -0.2) is 4.79 Å². The van der Waals surface area contributed by atoms with Crippen LogP contribution in [-0.4, -0.2) is 41.3 Å². The molecule has 0 aliphatic heterocycles. The van der Waals surface area contributed by atoms with E-state index in [1.807, 2.05) is 50.2 Å². The number of aliphatic carboxylic acids is 1. The van der Waals surface area contributed by atoms with Crippen LogP contribution in [0.3, 0.4) is 0 Å². The number of carboxylic acids is 1. The first-order valence-electron chi connectivity index (χ1n) is 12.7. The van der Waals surface area contributed by atoms with E-state index in [0.717, 1.165) is 29.7 Å². The van der Waals surface area contributed by atoms with E-state index in [-0.39, 0.29) is 24.1 Å². The Balaban J connectivity index is 1.67. The second-order valence-electron chi connectivity index (χ2n) is 9.38. The first kappa shape index (κ1) is 27.4. The Morgan fingerprint density at radius 2 is 1.81 bits per heavy atom. The highest BCUT2D eigenvalue weighted by molar-refractivity contribution is 5.87. The Kier molecular flexibility index (Phi) is 10.1. The number of rotatable bonds is 12. The van der Waals surface area contributed by atoms with E-state index >= 15 is 0 Å². The van der Waals surface area contributed by atoms with Gasteiger partial charge < -0.3 is 25.2 Å². The third-order valence-corrected chi connectivity index (χ3v) is 6.48. The average Bonchev–Trinajstić information content (AvgIpc) is 2.86. The average molecular weight is 495 g/mol. The highest BCUT2D eigenvalue weighted by Gasteiger charge is 2.37. The summed E-state index contributed by atoms with van der Waals surface area (Å²) in [6.45, 7) is 8.62. The van der Waals surface area contributed by atoms with Crippen molar-refractivity contribution in [3.8, 4) is 5.75 Å². The van der Waals surface area contributed by atoms with Crippen molar-refractivity contribution in [1.82, 2.24) is 10.6 Å². The summed E-state index contributed by atoms with van der Waals surface area (Å²) >= 11 is 0. The van der Waals surface area contributed by atoms with Crippen LogP contribution in [0.2, 0.25) is 0 Å². The summed E-state index contributed by atoms with van der Waals surface area (Å²) in [4.78, 5) is 23.8. The van der Waals surface area contributed by atoms with Crippen molar-refractivity contribution in [3.05, 3.63) is 76.9 Å². The molecular weight excluding hydrogens is 456 g/mol. The van der Waals surface area contributed by atoms with Crippen molar-refractivity contribution in [3.63, 3.8) is 0 Å². The van der Waals surface area contributed by atoms with Crippen LogP contribution in [0.25, 0.3) is 0 Å². The minimum Gasteiger partial charge on any atom is -0.489 e. The van der Waals surface area contributed by atoms with Gasteiger partial charge in [0.2, 0.25) is 5.91 Å². The summed E-state index contributed by atoms with van der Waals surface area (Å²) in [5.74, 6) is -0.354. The van der Waals surface area contributed by atoms with E-state index in [9.17, 15) is 14.7 Å². The molecule has 36 heavy (non-hydrogen) atoms. The lowest BCUT2D eigenvalue weighted by molar-refractivity contribution is -0.133. The van der Waals surface area contributed by atoms with Gasteiger partial charge in [0.1, 0.15) is 12.4 Å². The molecule has 2 aromatic carbocycles. The van der Waals surface area contributed by atoms with E-state index in [1.165, 1.54) is 12.5 Å². The number of hydrogen-bond acceptors (Lipinski definition) is 5. The molecule has 0 aromatic heterocycles. The number of aryl methyl sites for hydroxylation is 1. The second kappa shape index (κ2) is 13.2. The summed E-state index contributed by atoms with van der Waals surface area (Å²) in [6.07, 6.45) is 3.04. The Bertz CT molecular complexity index is 1050. The molecule has 7 heteroatoms. The van der Waals surface area contributed by atoms with Crippen molar-refractivity contribution in [2.24, 2.45) is 0 Å². The standard InChI is InChI=1S/C29H38N2O5/c1-5-24(6-2)36-27-16-23(29(33)34)15-26(28(27)31-20(4)32)30-17-21-10-12-25(13-11-21)35-18-22-9-7-8-19(3)14-22/h7-14,16,24,26-28,30H,5-6,15,17-18H2,1-4H3,(H,31,32)(H,33,34)/t26-,27+,28+/m0/s1. The van der Waals surface area contributed by atoms with Gasteiger partial charge in [0.25, 0.3) is 0 Å². The number of benzene rings is 2. The summed E-state index contributed by atoms with van der Waals surface area (Å²) in [5.41, 5.74) is 3.65. The molecule has 3 atom stereocenters. The van der Waals surface area contributed by atoms with Crippen LogP contribution < -0.4 is 15.4 Å². The maximum Gasteiger partial charge on any atom is 0.331 e. The quantitative estimate of drug-likeness (QED) is 0.401. The minimum atomic E-state index is -0.962. The molecule has 7 nitrogen and oxygen atoms in total. The maximum absolute atomic E-state index is 12.0. The van der Waals surface area contributed by atoms with Crippen molar-refractivity contribution in [2.75, 3.05) is 0 Å². The van der Waals surface area contributed by atoms with Gasteiger partial charge in [-0.3, -0.25) is 4.79 Å². The molecule has 3 N–H and O–H groups in total. The van der Waals surface area contributed by atoms with Gasteiger partial charge >= 0.3 is 5.97 Å². The fourth-order valence-electron chi connectivity index (χ4n) is 4.49. The molecule has 194 valence electrons. The molecule has 0 saturated carbocycles. The third kappa shape index (κ3) is 7.93. The summed E-state index contributed by atoms with van der Waals surface area (Å²) < 4.78 is 12.2. The van der Waals surface area contributed by atoms with Gasteiger partial charge in [-0.15, -0.1) is 0 Å². The lowest BCUT2D eigenvalue weighted by atomic mass is 9.87. The van der Waals surface area contributed by atoms with Crippen molar-refractivity contribution in [1.29, 1.82) is 0 Å². The number of carboxylic acid groups (broad SMARTS) is 1. The number of amides is 1. The monoisotopic (exact) mass is 494 g/mol. The normalized spacial score (nSPS) is 19.6. The van der Waals surface area contributed by atoms with Crippen LogP contribution in [0.4, 0.5) is 0 Å². The molecular formula is C29H38N2O5. The van der Waals surface area contributed by atoms with E-state index in [4.69, 9.17) is 9.47 Å². The molecule has 2 aromatic rings. The van der Waals surface area contributed by atoms with Crippen LogP contribution >= 0.6 is 0 Å². The largest absolute Gasteiger partial charge is 0.489 e. The molecule has 0 fully saturated rings. The molecule has 3 rings (SSSR count). The smallest absolute Gasteiger partial charge is 0.331 e. The molecule has 0 spiro atoms.